The molecule has 2 N–H and O–H groups in total. The van der Waals surface area contributed by atoms with E-state index >= 15 is 0 Å². The van der Waals surface area contributed by atoms with Gasteiger partial charge >= 0.3 is 0 Å². The summed E-state index contributed by atoms with van der Waals surface area (Å²) in [6.07, 6.45) is 6.11. The SMILES string of the molecule is C[C@H](/C=C/CC(=O)N1CCC[C@H]1CO)[C@@]1(O)C(=O)N(Cc2cccc(N3CCC3=O)c2)c2ccc(N3CCC3=O)cc21. The maximum absolute atomic E-state index is 14.1. The summed E-state index contributed by atoms with van der Waals surface area (Å²) in [4.78, 5) is 57.6. The number of benzene rings is 2. The number of carbonyl (C=O) groups excluding carboxylic acids is 4. The zero-order valence-electron chi connectivity index (χ0n) is 23.7. The van der Waals surface area contributed by atoms with Crippen molar-refractivity contribution in [1.29, 1.82) is 0 Å². The molecule has 4 heterocycles. The number of anilines is 3. The average Bonchev–Trinajstić information content (AvgIpc) is 3.54. The topological polar surface area (TPSA) is 122 Å². The molecule has 0 aliphatic carbocycles. The van der Waals surface area contributed by atoms with Crippen molar-refractivity contribution < 1.29 is 29.4 Å². The van der Waals surface area contributed by atoms with E-state index in [1.54, 1.807) is 56.9 Å². The lowest BCUT2D eigenvalue weighted by Crippen LogP contribution is -2.45. The molecule has 0 aromatic heterocycles. The van der Waals surface area contributed by atoms with E-state index < -0.39 is 17.4 Å². The maximum atomic E-state index is 14.1. The van der Waals surface area contributed by atoms with Crippen LogP contribution in [-0.4, -0.2) is 71.0 Å². The molecule has 3 atom stereocenters. The fourth-order valence-corrected chi connectivity index (χ4v) is 6.42. The van der Waals surface area contributed by atoms with Crippen LogP contribution in [0.15, 0.2) is 54.6 Å². The van der Waals surface area contributed by atoms with E-state index in [-0.39, 0.29) is 43.3 Å². The third-order valence-corrected chi connectivity index (χ3v) is 9.11. The molecule has 6 rings (SSSR count). The van der Waals surface area contributed by atoms with E-state index in [1.165, 1.54) is 0 Å². The molecule has 10 nitrogen and oxygen atoms in total. The van der Waals surface area contributed by atoms with E-state index in [9.17, 15) is 29.4 Å². The first-order valence-electron chi connectivity index (χ1n) is 14.7. The van der Waals surface area contributed by atoms with Gasteiger partial charge in [-0.2, -0.15) is 0 Å². The Kier molecular flexibility index (Phi) is 7.36. The molecule has 0 unspecified atom stereocenters. The highest BCUT2D eigenvalue weighted by molar-refractivity contribution is 6.08. The van der Waals surface area contributed by atoms with Gasteiger partial charge in [0.1, 0.15) is 0 Å². The van der Waals surface area contributed by atoms with Crippen LogP contribution in [0.25, 0.3) is 0 Å². The molecule has 0 saturated carbocycles. The summed E-state index contributed by atoms with van der Waals surface area (Å²) < 4.78 is 0. The summed E-state index contributed by atoms with van der Waals surface area (Å²) in [6, 6.07) is 12.6. The van der Waals surface area contributed by atoms with Crippen LogP contribution in [0.1, 0.15) is 50.2 Å². The van der Waals surface area contributed by atoms with E-state index in [0.29, 0.717) is 49.4 Å². The summed E-state index contributed by atoms with van der Waals surface area (Å²) in [5.41, 5.74) is 1.29. The highest BCUT2D eigenvalue weighted by Crippen LogP contribution is 2.47. The van der Waals surface area contributed by atoms with Gasteiger partial charge in [-0.3, -0.25) is 19.2 Å². The van der Waals surface area contributed by atoms with Crippen LogP contribution >= 0.6 is 0 Å². The van der Waals surface area contributed by atoms with Gasteiger partial charge < -0.3 is 29.8 Å². The van der Waals surface area contributed by atoms with Gasteiger partial charge in [0.25, 0.3) is 5.91 Å². The highest BCUT2D eigenvalue weighted by Gasteiger charge is 2.53. The minimum Gasteiger partial charge on any atom is -0.394 e. The van der Waals surface area contributed by atoms with Gasteiger partial charge in [0.15, 0.2) is 5.60 Å². The summed E-state index contributed by atoms with van der Waals surface area (Å²) >= 11 is 0. The number of carbonyl (C=O) groups is 4. The third kappa shape index (κ3) is 4.68. The van der Waals surface area contributed by atoms with Gasteiger partial charge in [-0.25, -0.2) is 0 Å². The van der Waals surface area contributed by atoms with Crippen molar-refractivity contribution in [2.24, 2.45) is 5.92 Å². The Hall–Kier alpha value is -4.02. The number of amides is 4. The van der Waals surface area contributed by atoms with E-state index in [2.05, 4.69) is 0 Å². The van der Waals surface area contributed by atoms with Gasteiger partial charge in [0.05, 0.1) is 24.9 Å². The summed E-state index contributed by atoms with van der Waals surface area (Å²) in [6.45, 7) is 3.73. The lowest BCUT2D eigenvalue weighted by atomic mass is 9.82. The number of hydrogen-bond acceptors (Lipinski definition) is 6. The van der Waals surface area contributed by atoms with Gasteiger partial charge in [0, 0.05) is 61.8 Å². The number of β-lactam (4-membered cyclic amide) rings is 2. The van der Waals surface area contributed by atoms with Crippen molar-refractivity contribution in [2.75, 3.05) is 40.9 Å². The molecule has 2 aromatic rings. The molecule has 42 heavy (non-hydrogen) atoms. The number of aliphatic hydroxyl groups excluding tert-OH is 1. The second kappa shape index (κ2) is 11.0. The molecule has 0 spiro atoms. The molecular weight excluding hydrogens is 536 g/mol. The second-order valence-electron chi connectivity index (χ2n) is 11.6. The molecule has 4 aliphatic heterocycles. The number of hydrogen-bond donors (Lipinski definition) is 2. The number of nitrogens with zero attached hydrogens (tertiary/aromatic N) is 4. The van der Waals surface area contributed by atoms with Crippen LogP contribution in [0, 0.1) is 5.92 Å². The first-order chi connectivity index (χ1) is 20.2. The Labute approximate surface area is 244 Å². The Morgan fingerprint density at radius 3 is 2.38 bits per heavy atom. The quantitative estimate of drug-likeness (QED) is 0.352. The average molecular weight is 573 g/mol. The van der Waals surface area contributed by atoms with Crippen LogP contribution in [0.3, 0.4) is 0 Å². The highest BCUT2D eigenvalue weighted by atomic mass is 16.3. The number of likely N-dealkylation sites (tertiary alicyclic amines) is 1. The Morgan fingerprint density at radius 1 is 1.02 bits per heavy atom. The largest absolute Gasteiger partial charge is 0.394 e. The molecule has 220 valence electrons. The fourth-order valence-electron chi connectivity index (χ4n) is 6.42. The van der Waals surface area contributed by atoms with Crippen LogP contribution in [0.5, 0.6) is 0 Å². The molecule has 3 saturated heterocycles. The van der Waals surface area contributed by atoms with Crippen molar-refractivity contribution in [2.45, 2.75) is 57.2 Å². The van der Waals surface area contributed by atoms with E-state index in [4.69, 9.17) is 0 Å². The smallest absolute Gasteiger partial charge is 0.264 e. The van der Waals surface area contributed by atoms with Crippen molar-refractivity contribution in [1.82, 2.24) is 4.90 Å². The Bertz CT molecular complexity index is 1470. The molecule has 0 bridgehead atoms. The third-order valence-electron chi connectivity index (χ3n) is 9.11. The normalized spacial score (nSPS) is 24.4. The van der Waals surface area contributed by atoms with E-state index in [1.807, 2.05) is 24.3 Å². The lowest BCUT2D eigenvalue weighted by molar-refractivity contribution is -0.139. The Morgan fingerprint density at radius 2 is 1.74 bits per heavy atom. The monoisotopic (exact) mass is 572 g/mol. The molecule has 10 heteroatoms. The molecule has 4 amide bonds. The minimum absolute atomic E-state index is 0.00780. The summed E-state index contributed by atoms with van der Waals surface area (Å²) in [7, 11) is 0. The van der Waals surface area contributed by atoms with Gasteiger partial charge in [-0.05, 0) is 48.7 Å². The van der Waals surface area contributed by atoms with Crippen molar-refractivity contribution in [3.8, 4) is 0 Å². The molecular formula is C32H36N4O6. The van der Waals surface area contributed by atoms with Gasteiger partial charge in [0.2, 0.25) is 17.7 Å². The first-order valence-corrected chi connectivity index (χ1v) is 14.7. The van der Waals surface area contributed by atoms with Gasteiger partial charge in [-0.15, -0.1) is 0 Å². The van der Waals surface area contributed by atoms with Crippen molar-refractivity contribution in [3.63, 3.8) is 0 Å². The van der Waals surface area contributed by atoms with Crippen molar-refractivity contribution >= 4 is 40.7 Å². The zero-order chi connectivity index (χ0) is 29.6. The lowest BCUT2D eigenvalue weighted by Gasteiger charge is -2.32. The minimum atomic E-state index is -1.91. The molecule has 0 radical (unpaired) electrons. The fraction of sp³-hybridized carbons (Fsp3) is 0.438. The van der Waals surface area contributed by atoms with Crippen LogP contribution in [0.4, 0.5) is 17.1 Å². The van der Waals surface area contributed by atoms with E-state index in [0.717, 1.165) is 24.1 Å². The predicted molar refractivity (Wildman–Crippen MR) is 157 cm³/mol. The van der Waals surface area contributed by atoms with Gasteiger partial charge in [-0.1, -0.05) is 31.2 Å². The number of fused-ring (bicyclic) bond motifs is 1. The molecule has 4 aliphatic rings. The van der Waals surface area contributed by atoms with Crippen LogP contribution < -0.4 is 14.7 Å². The molecule has 2 aromatic carbocycles. The zero-order valence-corrected chi connectivity index (χ0v) is 23.7. The molecule has 3 fully saturated rings. The number of rotatable bonds is 9. The number of aliphatic hydroxyl groups is 2. The summed E-state index contributed by atoms with van der Waals surface area (Å²) in [5.74, 6) is -1.21. The first kappa shape index (κ1) is 28.1. The second-order valence-corrected chi connectivity index (χ2v) is 11.6. The Balaban J connectivity index is 1.28. The standard InChI is InChI=1S/C32H36N4O6/c1-21(5-2-9-28(38)33-14-4-8-25(33)20-37)32(42)26-18-24(35-16-13-30(35)40)10-11-27(26)36(31(32)41)19-22-6-3-7-23(17-22)34-15-12-29(34)39/h2-3,5-7,10-11,17-18,21,25,37,42H,4,8-9,12-16,19-20H2,1H3/b5-2+/t21-,25+,32+/m1/s1. The van der Waals surface area contributed by atoms with Crippen molar-refractivity contribution in [3.05, 3.63) is 65.7 Å². The maximum Gasteiger partial charge on any atom is 0.264 e. The predicted octanol–water partition coefficient (Wildman–Crippen LogP) is 2.46. The van der Waals surface area contributed by atoms with Crippen LogP contribution in [0.2, 0.25) is 0 Å². The van der Waals surface area contributed by atoms with Crippen LogP contribution in [-0.2, 0) is 31.3 Å². The summed E-state index contributed by atoms with van der Waals surface area (Å²) in [5, 5.41) is 21.7.